The molecule has 0 saturated heterocycles. The zero-order chi connectivity index (χ0) is 9.84. The Morgan fingerprint density at radius 3 is 2.69 bits per heavy atom. The van der Waals surface area contributed by atoms with Gasteiger partial charge in [0.15, 0.2) is 0 Å². The molecule has 74 valence electrons. The SMILES string of the molecule is CC(C)Cc1cncn1CC(C)N. The molecule has 0 saturated carbocycles. The quantitative estimate of drug-likeness (QED) is 0.763. The van der Waals surface area contributed by atoms with Crippen LogP contribution in [0.4, 0.5) is 0 Å². The van der Waals surface area contributed by atoms with E-state index in [-0.39, 0.29) is 6.04 Å². The molecule has 0 aromatic carbocycles. The van der Waals surface area contributed by atoms with Gasteiger partial charge in [-0.15, -0.1) is 0 Å². The smallest absolute Gasteiger partial charge is 0.0948 e. The fourth-order valence-corrected chi connectivity index (χ4v) is 1.41. The molecule has 3 heteroatoms. The lowest BCUT2D eigenvalue weighted by Gasteiger charge is -2.11. The van der Waals surface area contributed by atoms with Crippen LogP contribution in [-0.2, 0) is 13.0 Å². The average molecular weight is 181 g/mol. The van der Waals surface area contributed by atoms with E-state index in [1.807, 2.05) is 19.4 Å². The van der Waals surface area contributed by atoms with Gasteiger partial charge in [0.05, 0.1) is 6.33 Å². The van der Waals surface area contributed by atoms with Crippen LogP contribution in [0.1, 0.15) is 26.5 Å². The molecule has 0 amide bonds. The van der Waals surface area contributed by atoms with Crippen molar-refractivity contribution in [2.45, 2.75) is 39.8 Å². The molecule has 0 aliphatic rings. The predicted molar refractivity (Wildman–Crippen MR) is 54.4 cm³/mol. The van der Waals surface area contributed by atoms with Crippen molar-refractivity contribution in [2.75, 3.05) is 0 Å². The van der Waals surface area contributed by atoms with Crippen molar-refractivity contribution in [1.82, 2.24) is 9.55 Å². The van der Waals surface area contributed by atoms with Crippen LogP contribution in [0.5, 0.6) is 0 Å². The molecule has 0 spiro atoms. The molecule has 0 aliphatic carbocycles. The number of aromatic nitrogens is 2. The first-order valence-electron chi connectivity index (χ1n) is 4.84. The second kappa shape index (κ2) is 4.42. The van der Waals surface area contributed by atoms with Gasteiger partial charge in [0.25, 0.3) is 0 Å². The molecule has 0 radical (unpaired) electrons. The Hall–Kier alpha value is -0.830. The van der Waals surface area contributed by atoms with Gasteiger partial charge in [-0.05, 0) is 19.3 Å². The molecule has 2 N–H and O–H groups in total. The summed E-state index contributed by atoms with van der Waals surface area (Å²) in [5, 5.41) is 0. The number of imidazole rings is 1. The molecule has 1 atom stereocenters. The van der Waals surface area contributed by atoms with Gasteiger partial charge in [-0.3, -0.25) is 0 Å². The minimum Gasteiger partial charge on any atom is -0.333 e. The van der Waals surface area contributed by atoms with Crippen LogP contribution in [-0.4, -0.2) is 15.6 Å². The molecule has 3 nitrogen and oxygen atoms in total. The zero-order valence-electron chi connectivity index (χ0n) is 8.70. The highest BCUT2D eigenvalue weighted by atomic mass is 15.1. The second-order valence-electron chi connectivity index (χ2n) is 4.11. The molecule has 1 aromatic rings. The van der Waals surface area contributed by atoms with Crippen LogP contribution in [0.25, 0.3) is 0 Å². The minimum absolute atomic E-state index is 0.195. The highest BCUT2D eigenvalue weighted by Gasteiger charge is 2.05. The maximum Gasteiger partial charge on any atom is 0.0948 e. The van der Waals surface area contributed by atoms with Crippen molar-refractivity contribution in [3.63, 3.8) is 0 Å². The van der Waals surface area contributed by atoms with Gasteiger partial charge in [0.2, 0.25) is 0 Å². The highest BCUT2D eigenvalue weighted by Crippen LogP contribution is 2.07. The van der Waals surface area contributed by atoms with Gasteiger partial charge in [-0.2, -0.15) is 0 Å². The van der Waals surface area contributed by atoms with Crippen molar-refractivity contribution in [3.8, 4) is 0 Å². The first-order valence-corrected chi connectivity index (χ1v) is 4.84. The third kappa shape index (κ3) is 3.19. The van der Waals surface area contributed by atoms with Crippen LogP contribution in [0.3, 0.4) is 0 Å². The minimum atomic E-state index is 0.195. The molecule has 0 aliphatic heterocycles. The first kappa shape index (κ1) is 10.3. The number of hydrogen-bond acceptors (Lipinski definition) is 2. The predicted octanol–water partition coefficient (Wildman–Crippen LogP) is 1.43. The fourth-order valence-electron chi connectivity index (χ4n) is 1.41. The van der Waals surface area contributed by atoms with Crippen LogP contribution in [0, 0.1) is 5.92 Å². The third-order valence-electron chi connectivity index (χ3n) is 1.90. The molecule has 0 bridgehead atoms. The monoisotopic (exact) mass is 181 g/mol. The largest absolute Gasteiger partial charge is 0.333 e. The lowest BCUT2D eigenvalue weighted by atomic mass is 10.1. The van der Waals surface area contributed by atoms with E-state index in [9.17, 15) is 0 Å². The van der Waals surface area contributed by atoms with E-state index in [0.717, 1.165) is 13.0 Å². The van der Waals surface area contributed by atoms with E-state index in [0.29, 0.717) is 5.92 Å². The molecule has 0 fully saturated rings. The van der Waals surface area contributed by atoms with E-state index in [1.165, 1.54) is 5.69 Å². The van der Waals surface area contributed by atoms with Crippen molar-refractivity contribution < 1.29 is 0 Å². The van der Waals surface area contributed by atoms with Gasteiger partial charge in [-0.1, -0.05) is 13.8 Å². The summed E-state index contributed by atoms with van der Waals surface area (Å²) in [6, 6.07) is 0.195. The maximum atomic E-state index is 5.73. The Labute approximate surface area is 80.0 Å². The zero-order valence-corrected chi connectivity index (χ0v) is 8.70. The van der Waals surface area contributed by atoms with Crippen LogP contribution < -0.4 is 5.73 Å². The van der Waals surface area contributed by atoms with Gasteiger partial charge in [-0.25, -0.2) is 4.98 Å². The van der Waals surface area contributed by atoms with Crippen molar-refractivity contribution >= 4 is 0 Å². The van der Waals surface area contributed by atoms with Crippen molar-refractivity contribution in [1.29, 1.82) is 0 Å². The van der Waals surface area contributed by atoms with Crippen LogP contribution in [0.2, 0.25) is 0 Å². The number of hydrogen-bond donors (Lipinski definition) is 1. The van der Waals surface area contributed by atoms with E-state index >= 15 is 0 Å². The second-order valence-corrected chi connectivity index (χ2v) is 4.11. The molecular formula is C10H19N3. The van der Waals surface area contributed by atoms with Gasteiger partial charge < -0.3 is 10.3 Å². The lowest BCUT2D eigenvalue weighted by molar-refractivity contribution is 0.542. The van der Waals surface area contributed by atoms with E-state index < -0.39 is 0 Å². The maximum absolute atomic E-state index is 5.73. The summed E-state index contributed by atoms with van der Waals surface area (Å²) in [5.74, 6) is 0.670. The van der Waals surface area contributed by atoms with E-state index in [2.05, 4.69) is 23.4 Å². The van der Waals surface area contributed by atoms with E-state index in [1.54, 1.807) is 0 Å². The van der Waals surface area contributed by atoms with Gasteiger partial charge in [0, 0.05) is 24.5 Å². The Balaban J connectivity index is 2.65. The number of nitrogens with two attached hydrogens (primary N) is 1. The van der Waals surface area contributed by atoms with Gasteiger partial charge >= 0.3 is 0 Å². The Morgan fingerprint density at radius 2 is 2.15 bits per heavy atom. The molecular weight excluding hydrogens is 162 g/mol. The molecule has 13 heavy (non-hydrogen) atoms. The molecule has 1 unspecified atom stereocenters. The van der Waals surface area contributed by atoms with Crippen molar-refractivity contribution in [2.24, 2.45) is 11.7 Å². The van der Waals surface area contributed by atoms with Crippen LogP contribution in [0.15, 0.2) is 12.5 Å². The standard InChI is InChI=1S/C10H19N3/c1-8(2)4-10-5-12-7-13(10)6-9(3)11/h5,7-9H,4,6,11H2,1-3H3. The first-order chi connectivity index (χ1) is 6.09. The topological polar surface area (TPSA) is 43.8 Å². The van der Waals surface area contributed by atoms with E-state index in [4.69, 9.17) is 5.73 Å². The normalized spacial score (nSPS) is 13.6. The van der Waals surface area contributed by atoms with Crippen LogP contribution >= 0.6 is 0 Å². The summed E-state index contributed by atoms with van der Waals surface area (Å²) in [6.45, 7) is 7.30. The molecule has 1 rings (SSSR count). The van der Waals surface area contributed by atoms with Crippen molar-refractivity contribution in [3.05, 3.63) is 18.2 Å². The summed E-state index contributed by atoms with van der Waals surface area (Å²) in [5.41, 5.74) is 7.02. The number of nitrogens with zero attached hydrogens (tertiary/aromatic N) is 2. The Bertz CT molecular complexity index is 226. The highest BCUT2D eigenvalue weighted by molar-refractivity contribution is 4.99. The summed E-state index contributed by atoms with van der Waals surface area (Å²) < 4.78 is 2.14. The summed E-state index contributed by atoms with van der Waals surface area (Å²) in [7, 11) is 0. The number of rotatable bonds is 4. The summed E-state index contributed by atoms with van der Waals surface area (Å²) in [6.07, 6.45) is 4.87. The van der Waals surface area contributed by atoms with Gasteiger partial charge in [0.1, 0.15) is 0 Å². The summed E-state index contributed by atoms with van der Waals surface area (Å²) in [4.78, 5) is 4.14. The Morgan fingerprint density at radius 1 is 1.46 bits per heavy atom. The fraction of sp³-hybridized carbons (Fsp3) is 0.700. The Kier molecular flexibility index (Phi) is 3.48. The summed E-state index contributed by atoms with van der Waals surface area (Å²) >= 11 is 0. The third-order valence-corrected chi connectivity index (χ3v) is 1.90. The molecule has 1 heterocycles. The lowest BCUT2D eigenvalue weighted by Crippen LogP contribution is -2.23. The molecule has 1 aromatic heterocycles. The average Bonchev–Trinajstić information content (AvgIpc) is 2.34.